The zero-order chi connectivity index (χ0) is 10.5. The zero-order valence-electron chi connectivity index (χ0n) is 8.77. The SMILES string of the molecule is CC[C@H]1[C@@H]2CC(=O)O[C@]12c1ccccc1. The van der Waals surface area contributed by atoms with Gasteiger partial charge in [0.05, 0.1) is 6.42 Å². The van der Waals surface area contributed by atoms with Gasteiger partial charge < -0.3 is 4.74 Å². The Morgan fingerprint density at radius 2 is 2.13 bits per heavy atom. The van der Waals surface area contributed by atoms with E-state index in [0.29, 0.717) is 18.3 Å². The van der Waals surface area contributed by atoms with Crippen LogP contribution in [0, 0.1) is 11.8 Å². The van der Waals surface area contributed by atoms with Gasteiger partial charge in [-0.1, -0.05) is 37.3 Å². The van der Waals surface area contributed by atoms with Crippen LogP contribution in [-0.2, 0) is 15.1 Å². The highest BCUT2D eigenvalue weighted by atomic mass is 16.6. The van der Waals surface area contributed by atoms with Crippen LogP contribution in [0.2, 0.25) is 0 Å². The number of hydrogen-bond acceptors (Lipinski definition) is 2. The third kappa shape index (κ3) is 1.02. The van der Waals surface area contributed by atoms with E-state index in [0.717, 1.165) is 6.42 Å². The van der Waals surface area contributed by atoms with Crippen molar-refractivity contribution in [3.63, 3.8) is 0 Å². The molecule has 0 amide bonds. The Hall–Kier alpha value is -1.31. The lowest BCUT2D eigenvalue weighted by molar-refractivity contribution is -0.147. The van der Waals surface area contributed by atoms with Gasteiger partial charge in [-0.25, -0.2) is 0 Å². The summed E-state index contributed by atoms with van der Waals surface area (Å²) in [6.45, 7) is 2.17. The molecule has 2 aliphatic rings. The first-order valence-electron chi connectivity index (χ1n) is 5.56. The summed E-state index contributed by atoms with van der Waals surface area (Å²) in [5.74, 6) is 0.934. The van der Waals surface area contributed by atoms with Gasteiger partial charge in [-0.05, 0) is 12.0 Å². The molecule has 1 saturated carbocycles. The minimum Gasteiger partial charge on any atom is -0.454 e. The predicted octanol–water partition coefficient (Wildman–Crippen LogP) is 2.48. The zero-order valence-corrected chi connectivity index (χ0v) is 8.77. The molecule has 0 radical (unpaired) electrons. The van der Waals surface area contributed by atoms with Crippen LogP contribution in [0.5, 0.6) is 0 Å². The number of carbonyl (C=O) groups is 1. The lowest BCUT2D eigenvalue weighted by atomic mass is 10.0. The fourth-order valence-corrected chi connectivity index (χ4v) is 3.14. The second kappa shape index (κ2) is 2.84. The van der Waals surface area contributed by atoms with Gasteiger partial charge in [0.2, 0.25) is 0 Å². The highest BCUT2D eigenvalue weighted by Gasteiger charge is 2.72. The molecule has 1 aliphatic carbocycles. The molecule has 78 valence electrons. The van der Waals surface area contributed by atoms with Crippen molar-refractivity contribution in [2.24, 2.45) is 11.8 Å². The van der Waals surface area contributed by atoms with E-state index in [9.17, 15) is 4.79 Å². The highest BCUT2D eigenvalue weighted by molar-refractivity contribution is 5.76. The van der Waals surface area contributed by atoms with Gasteiger partial charge in [0.15, 0.2) is 0 Å². The van der Waals surface area contributed by atoms with Gasteiger partial charge in [0.1, 0.15) is 5.60 Å². The van der Waals surface area contributed by atoms with Crippen molar-refractivity contribution in [2.75, 3.05) is 0 Å². The van der Waals surface area contributed by atoms with Crippen LogP contribution in [0.3, 0.4) is 0 Å². The van der Waals surface area contributed by atoms with Gasteiger partial charge in [-0.3, -0.25) is 4.79 Å². The number of carbonyl (C=O) groups excluding carboxylic acids is 1. The van der Waals surface area contributed by atoms with E-state index >= 15 is 0 Å². The maximum atomic E-state index is 11.3. The number of fused-ring (bicyclic) bond motifs is 1. The van der Waals surface area contributed by atoms with Crippen LogP contribution in [-0.4, -0.2) is 5.97 Å². The van der Waals surface area contributed by atoms with Gasteiger partial charge in [-0.2, -0.15) is 0 Å². The van der Waals surface area contributed by atoms with E-state index in [1.165, 1.54) is 5.56 Å². The van der Waals surface area contributed by atoms with Gasteiger partial charge in [0.25, 0.3) is 0 Å². The minimum absolute atomic E-state index is 0.0337. The number of hydrogen-bond donors (Lipinski definition) is 0. The molecular formula is C13H14O2. The lowest BCUT2D eigenvalue weighted by Gasteiger charge is -2.15. The Labute approximate surface area is 89.2 Å². The molecule has 2 heteroatoms. The number of ether oxygens (including phenoxy) is 1. The molecule has 1 saturated heterocycles. The predicted molar refractivity (Wildman–Crippen MR) is 56.1 cm³/mol. The minimum atomic E-state index is -0.257. The smallest absolute Gasteiger partial charge is 0.307 e. The summed E-state index contributed by atoms with van der Waals surface area (Å²) >= 11 is 0. The van der Waals surface area contributed by atoms with Crippen molar-refractivity contribution in [1.82, 2.24) is 0 Å². The molecule has 2 fully saturated rings. The monoisotopic (exact) mass is 202 g/mol. The molecule has 0 spiro atoms. The Balaban J connectivity index is 2.00. The average Bonchev–Trinajstić information content (AvgIpc) is 2.72. The van der Waals surface area contributed by atoms with Gasteiger partial charge in [-0.15, -0.1) is 0 Å². The average molecular weight is 202 g/mol. The molecule has 0 bridgehead atoms. The summed E-state index contributed by atoms with van der Waals surface area (Å²) in [6.07, 6.45) is 1.69. The molecule has 1 heterocycles. The maximum absolute atomic E-state index is 11.3. The summed E-state index contributed by atoms with van der Waals surface area (Å²) in [4.78, 5) is 11.3. The van der Waals surface area contributed by atoms with Crippen LogP contribution in [0.4, 0.5) is 0 Å². The molecule has 0 aromatic heterocycles. The van der Waals surface area contributed by atoms with Gasteiger partial charge >= 0.3 is 5.97 Å². The largest absolute Gasteiger partial charge is 0.454 e. The third-order valence-corrected chi connectivity index (χ3v) is 3.81. The van der Waals surface area contributed by atoms with Crippen molar-refractivity contribution < 1.29 is 9.53 Å². The molecular weight excluding hydrogens is 188 g/mol. The van der Waals surface area contributed by atoms with E-state index in [2.05, 4.69) is 19.1 Å². The van der Waals surface area contributed by atoms with Crippen molar-refractivity contribution >= 4 is 5.97 Å². The molecule has 1 aliphatic heterocycles. The number of rotatable bonds is 2. The summed E-state index contributed by atoms with van der Waals surface area (Å²) in [5, 5.41) is 0. The molecule has 1 aromatic rings. The Kier molecular flexibility index (Phi) is 1.70. The number of esters is 1. The standard InChI is InChI=1S/C13H14O2/c1-2-10-11-8-12(14)15-13(10,11)9-6-4-3-5-7-9/h3-7,10-11H,2,8H2,1H3/t10-,11-,13+/m0/s1. The van der Waals surface area contributed by atoms with E-state index in [-0.39, 0.29) is 11.6 Å². The van der Waals surface area contributed by atoms with Crippen LogP contribution in [0.1, 0.15) is 25.3 Å². The van der Waals surface area contributed by atoms with Crippen molar-refractivity contribution in [3.05, 3.63) is 35.9 Å². The summed E-state index contributed by atoms with van der Waals surface area (Å²) in [6, 6.07) is 10.2. The second-order valence-electron chi connectivity index (χ2n) is 4.46. The van der Waals surface area contributed by atoms with E-state index in [1.54, 1.807) is 0 Å². The fourth-order valence-electron chi connectivity index (χ4n) is 3.14. The first-order chi connectivity index (χ1) is 7.29. The van der Waals surface area contributed by atoms with Crippen LogP contribution < -0.4 is 0 Å². The quantitative estimate of drug-likeness (QED) is 0.689. The Morgan fingerprint density at radius 3 is 2.80 bits per heavy atom. The van der Waals surface area contributed by atoms with Gasteiger partial charge in [0, 0.05) is 11.8 Å². The first kappa shape index (κ1) is 8.96. The van der Waals surface area contributed by atoms with Crippen LogP contribution in [0.25, 0.3) is 0 Å². The molecule has 3 rings (SSSR count). The molecule has 2 nitrogen and oxygen atoms in total. The number of benzene rings is 1. The fraction of sp³-hybridized carbons (Fsp3) is 0.462. The molecule has 0 unspecified atom stereocenters. The molecule has 3 atom stereocenters. The second-order valence-corrected chi connectivity index (χ2v) is 4.46. The molecule has 15 heavy (non-hydrogen) atoms. The normalized spacial score (nSPS) is 37.3. The van der Waals surface area contributed by atoms with Crippen LogP contribution >= 0.6 is 0 Å². The lowest BCUT2D eigenvalue weighted by Crippen LogP contribution is -2.15. The van der Waals surface area contributed by atoms with E-state index < -0.39 is 0 Å². The highest BCUT2D eigenvalue weighted by Crippen LogP contribution is 2.67. The summed E-state index contributed by atoms with van der Waals surface area (Å²) < 4.78 is 5.57. The maximum Gasteiger partial charge on any atom is 0.307 e. The van der Waals surface area contributed by atoms with Crippen LogP contribution in [0.15, 0.2) is 30.3 Å². The Morgan fingerprint density at radius 1 is 1.40 bits per heavy atom. The van der Waals surface area contributed by atoms with Crippen molar-refractivity contribution in [1.29, 1.82) is 0 Å². The first-order valence-corrected chi connectivity index (χ1v) is 5.56. The summed E-state index contributed by atoms with van der Waals surface area (Å²) in [5.41, 5.74) is 0.917. The van der Waals surface area contributed by atoms with Crippen molar-refractivity contribution in [2.45, 2.75) is 25.4 Å². The Bertz CT molecular complexity index is 398. The molecule has 0 N–H and O–H groups in total. The van der Waals surface area contributed by atoms with Crippen molar-refractivity contribution in [3.8, 4) is 0 Å². The third-order valence-electron chi connectivity index (χ3n) is 3.81. The summed E-state index contributed by atoms with van der Waals surface area (Å²) in [7, 11) is 0. The molecule has 1 aromatic carbocycles. The van der Waals surface area contributed by atoms with E-state index in [4.69, 9.17) is 4.74 Å². The topological polar surface area (TPSA) is 26.3 Å². The van der Waals surface area contributed by atoms with E-state index in [1.807, 2.05) is 18.2 Å².